The summed E-state index contributed by atoms with van der Waals surface area (Å²) in [6, 6.07) is 7.05. The number of urea groups is 1. The lowest BCUT2D eigenvalue weighted by Crippen LogP contribution is -2.61. The summed E-state index contributed by atoms with van der Waals surface area (Å²) in [6.45, 7) is 2.42. The molecule has 0 radical (unpaired) electrons. The van der Waals surface area contributed by atoms with Crippen molar-refractivity contribution in [3.8, 4) is 11.4 Å². The molecule has 2 aromatic rings. The van der Waals surface area contributed by atoms with Gasteiger partial charge in [-0.3, -0.25) is 10.1 Å². The minimum absolute atomic E-state index is 0.0332. The molecule has 4 aliphatic rings. The largest absolute Gasteiger partial charge is 0.492 e. The summed E-state index contributed by atoms with van der Waals surface area (Å²) < 4.78 is 7.19. The Kier molecular flexibility index (Phi) is 5.79. The van der Waals surface area contributed by atoms with Crippen molar-refractivity contribution in [1.82, 2.24) is 30.8 Å². The maximum Gasteiger partial charge on any atom is 0.321 e. The van der Waals surface area contributed by atoms with Gasteiger partial charge < -0.3 is 10.1 Å². The molecule has 2 N–H and O–H groups in total. The number of rotatable bonds is 7. The number of para-hydroxylation sites is 2. The summed E-state index contributed by atoms with van der Waals surface area (Å²) in [6.07, 6.45) is 7.05. The fraction of sp³-hybridized carbons (Fsp3) is 0.591. The summed E-state index contributed by atoms with van der Waals surface area (Å²) in [5, 5.41) is 17.9. The summed E-state index contributed by atoms with van der Waals surface area (Å²) in [5.41, 5.74) is 0.570. The smallest absolute Gasteiger partial charge is 0.321 e. The van der Waals surface area contributed by atoms with Gasteiger partial charge in [0.15, 0.2) is 0 Å². The topological polar surface area (TPSA) is 111 Å². The molecule has 1 aromatic carbocycles. The number of hydrogen-bond donors (Lipinski definition) is 2. The van der Waals surface area contributed by atoms with Crippen LogP contribution in [-0.4, -0.2) is 50.0 Å². The SMILES string of the molecule is CCOc1ccccc1-n1nnnc1SCC(=O)NC(=O)NC12CC3CC(CC(C3)C1)C2. The molecule has 1 heterocycles. The quantitative estimate of drug-likeness (QED) is 0.616. The van der Waals surface area contributed by atoms with Crippen molar-refractivity contribution in [2.24, 2.45) is 17.8 Å². The number of imide groups is 1. The molecule has 0 atom stereocenters. The van der Waals surface area contributed by atoms with Crippen LogP contribution in [0.1, 0.15) is 45.4 Å². The van der Waals surface area contributed by atoms with Gasteiger partial charge in [-0.15, -0.1) is 5.10 Å². The number of nitrogens with one attached hydrogen (secondary N) is 2. The van der Waals surface area contributed by atoms with Gasteiger partial charge in [-0.2, -0.15) is 4.68 Å². The van der Waals surface area contributed by atoms with Gasteiger partial charge in [0.2, 0.25) is 11.1 Å². The highest BCUT2D eigenvalue weighted by atomic mass is 32.2. The van der Waals surface area contributed by atoms with Crippen molar-refractivity contribution in [3.05, 3.63) is 24.3 Å². The van der Waals surface area contributed by atoms with E-state index in [0.29, 0.717) is 23.2 Å². The molecule has 4 fully saturated rings. The maximum absolute atomic E-state index is 12.6. The number of tetrazole rings is 1. The molecular formula is C22H28N6O3S. The predicted octanol–water partition coefficient (Wildman–Crippen LogP) is 2.95. The number of amides is 3. The number of hydrogen-bond acceptors (Lipinski definition) is 7. The molecule has 170 valence electrons. The highest BCUT2D eigenvalue weighted by Crippen LogP contribution is 2.55. The molecular weight excluding hydrogens is 428 g/mol. The van der Waals surface area contributed by atoms with Crippen molar-refractivity contribution >= 4 is 23.7 Å². The summed E-state index contributed by atoms with van der Waals surface area (Å²) >= 11 is 1.17. The number of carbonyl (C=O) groups excluding carboxylic acids is 2. The lowest BCUT2D eigenvalue weighted by Gasteiger charge is -2.56. The van der Waals surface area contributed by atoms with E-state index in [1.54, 1.807) is 4.68 Å². The van der Waals surface area contributed by atoms with Gasteiger partial charge in [-0.1, -0.05) is 23.9 Å². The zero-order valence-corrected chi connectivity index (χ0v) is 18.9. The fourth-order valence-electron chi connectivity index (χ4n) is 6.16. The van der Waals surface area contributed by atoms with Crippen LogP contribution in [0, 0.1) is 17.8 Å². The Morgan fingerprint density at radius 2 is 1.84 bits per heavy atom. The van der Waals surface area contributed by atoms with Crippen LogP contribution in [0.2, 0.25) is 0 Å². The number of carbonyl (C=O) groups is 2. The number of nitrogens with zero attached hydrogens (tertiary/aromatic N) is 4. The van der Waals surface area contributed by atoms with E-state index in [1.165, 1.54) is 31.0 Å². The Morgan fingerprint density at radius 1 is 1.16 bits per heavy atom. The van der Waals surface area contributed by atoms with Crippen LogP contribution in [0.4, 0.5) is 4.79 Å². The molecule has 6 rings (SSSR count). The molecule has 10 heteroatoms. The average molecular weight is 457 g/mol. The third kappa shape index (κ3) is 4.32. The van der Waals surface area contributed by atoms with Crippen LogP contribution in [0.3, 0.4) is 0 Å². The van der Waals surface area contributed by atoms with Crippen LogP contribution >= 0.6 is 11.8 Å². The zero-order chi connectivity index (χ0) is 22.1. The number of benzene rings is 1. The Hall–Kier alpha value is -2.62. The maximum atomic E-state index is 12.6. The van der Waals surface area contributed by atoms with Gasteiger partial charge in [0.1, 0.15) is 11.4 Å². The van der Waals surface area contributed by atoms with Gasteiger partial charge in [0, 0.05) is 5.54 Å². The second-order valence-electron chi connectivity index (χ2n) is 9.26. The van der Waals surface area contributed by atoms with Crippen LogP contribution in [-0.2, 0) is 4.79 Å². The van der Waals surface area contributed by atoms with E-state index >= 15 is 0 Å². The third-order valence-electron chi connectivity index (χ3n) is 6.84. The molecule has 3 amide bonds. The molecule has 0 aliphatic heterocycles. The second kappa shape index (κ2) is 8.73. The zero-order valence-electron chi connectivity index (χ0n) is 18.1. The van der Waals surface area contributed by atoms with E-state index in [9.17, 15) is 9.59 Å². The Labute approximate surface area is 191 Å². The van der Waals surface area contributed by atoms with Crippen LogP contribution in [0.25, 0.3) is 5.69 Å². The lowest BCUT2D eigenvalue weighted by molar-refractivity contribution is -0.117. The van der Waals surface area contributed by atoms with Crippen molar-refractivity contribution in [3.63, 3.8) is 0 Å². The first-order valence-electron chi connectivity index (χ1n) is 11.3. The highest BCUT2D eigenvalue weighted by Gasteiger charge is 2.51. The van der Waals surface area contributed by atoms with Gasteiger partial charge in [0.05, 0.1) is 12.4 Å². The predicted molar refractivity (Wildman–Crippen MR) is 119 cm³/mol. The standard InChI is InChI=1S/C22H28N6O3S/c1-2-31-18-6-4-3-5-17(18)28-21(25-26-27-28)32-13-19(29)23-20(30)24-22-10-14-7-15(11-22)9-16(8-14)12-22/h3-6,14-16H,2,7-13H2,1H3,(H2,23,24,29,30). The van der Waals surface area contributed by atoms with Gasteiger partial charge in [-0.25, -0.2) is 4.79 Å². The Balaban J connectivity index is 1.17. The summed E-state index contributed by atoms with van der Waals surface area (Å²) in [4.78, 5) is 25.0. The first kappa shape index (κ1) is 21.2. The molecule has 9 nitrogen and oxygen atoms in total. The number of aromatic nitrogens is 4. The molecule has 0 spiro atoms. The van der Waals surface area contributed by atoms with E-state index in [1.807, 2.05) is 31.2 Å². The normalized spacial score (nSPS) is 27.8. The van der Waals surface area contributed by atoms with Crippen molar-refractivity contribution in [1.29, 1.82) is 0 Å². The third-order valence-corrected chi connectivity index (χ3v) is 7.76. The van der Waals surface area contributed by atoms with E-state index in [4.69, 9.17) is 4.74 Å². The Morgan fingerprint density at radius 3 is 2.53 bits per heavy atom. The van der Waals surface area contributed by atoms with E-state index in [2.05, 4.69) is 26.2 Å². The first-order chi connectivity index (χ1) is 15.5. The summed E-state index contributed by atoms with van der Waals surface area (Å²) in [5.74, 6) is 2.50. The van der Waals surface area contributed by atoms with E-state index in [0.717, 1.165) is 37.0 Å². The summed E-state index contributed by atoms with van der Waals surface area (Å²) in [7, 11) is 0. The van der Waals surface area contributed by atoms with Gasteiger partial charge in [-0.05, 0) is 85.8 Å². The van der Waals surface area contributed by atoms with Gasteiger partial charge in [0.25, 0.3) is 0 Å². The van der Waals surface area contributed by atoms with Gasteiger partial charge >= 0.3 is 6.03 Å². The average Bonchev–Trinajstić information content (AvgIpc) is 3.20. The van der Waals surface area contributed by atoms with Crippen molar-refractivity contribution in [2.75, 3.05) is 12.4 Å². The van der Waals surface area contributed by atoms with Crippen LogP contribution in [0.5, 0.6) is 5.75 Å². The van der Waals surface area contributed by atoms with Crippen molar-refractivity contribution < 1.29 is 14.3 Å². The molecule has 1 aromatic heterocycles. The fourth-order valence-corrected chi connectivity index (χ4v) is 6.84. The Bertz CT molecular complexity index is 974. The number of thioether (sulfide) groups is 1. The monoisotopic (exact) mass is 456 g/mol. The van der Waals surface area contributed by atoms with E-state index < -0.39 is 0 Å². The molecule has 0 saturated heterocycles. The molecule has 32 heavy (non-hydrogen) atoms. The van der Waals surface area contributed by atoms with Crippen LogP contribution < -0.4 is 15.4 Å². The molecule has 4 aliphatic carbocycles. The first-order valence-corrected chi connectivity index (χ1v) is 12.3. The minimum atomic E-state index is -0.390. The molecule has 4 saturated carbocycles. The highest BCUT2D eigenvalue weighted by molar-refractivity contribution is 7.99. The molecule has 4 bridgehead atoms. The van der Waals surface area contributed by atoms with Crippen LogP contribution in [0.15, 0.2) is 29.4 Å². The molecule has 0 unspecified atom stereocenters. The lowest BCUT2D eigenvalue weighted by atomic mass is 9.53. The van der Waals surface area contributed by atoms with E-state index in [-0.39, 0.29) is 23.2 Å². The number of ether oxygens (including phenoxy) is 1. The minimum Gasteiger partial charge on any atom is -0.492 e. The van der Waals surface area contributed by atoms with Crippen molar-refractivity contribution in [2.45, 2.75) is 56.1 Å². The second-order valence-corrected chi connectivity index (χ2v) is 10.2.